The highest BCUT2D eigenvalue weighted by molar-refractivity contribution is 7.71. The first-order chi connectivity index (χ1) is 14.9. The third-order valence-electron chi connectivity index (χ3n) is 4.95. The lowest BCUT2D eigenvalue weighted by molar-refractivity contribution is 0.0964. The number of Topliss-reactive ketones (excluding diaryl/α,β-unsaturated/α-hetero) is 1. The van der Waals surface area contributed by atoms with E-state index in [0.717, 1.165) is 16.9 Å². The van der Waals surface area contributed by atoms with Crippen LogP contribution in [0.2, 0.25) is 0 Å². The molecule has 0 amide bonds. The molecule has 31 heavy (non-hydrogen) atoms. The van der Waals surface area contributed by atoms with Gasteiger partial charge in [-0.05, 0) is 60.5 Å². The second-order valence-electron chi connectivity index (χ2n) is 7.69. The van der Waals surface area contributed by atoms with E-state index in [2.05, 4.69) is 31.1 Å². The van der Waals surface area contributed by atoms with Crippen LogP contribution < -0.4 is 14.2 Å². The van der Waals surface area contributed by atoms with Gasteiger partial charge in [0.15, 0.2) is 23.9 Å². The summed E-state index contributed by atoms with van der Waals surface area (Å²) in [6.07, 6.45) is 0. The molecule has 1 aliphatic rings. The molecule has 1 aromatic heterocycles. The van der Waals surface area contributed by atoms with Crippen LogP contribution in [0.5, 0.6) is 17.2 Å². The van der Waals surface area contributed by atoms with E-state index in [4.69, 9.17) is 30.8 Å². The minimum atomic E-state index is -0.158. The van der Waals surface area contributed by atoms with Gasteiger partial charge in [0.2, 0.25) is 0 Å². The maximum atomic E-state index is 12.7. The number of ketones is 1. The van der Waals surface area contributed by atoms with E-state index < -0.39 is 0 Å². The van der Waals surface area contributed by atoms with Crippen molar-refractivity contribution in [2.75, 3.05) is 13.2 Å². The molecule has 8 heteroatoms. The number of fused-ring (bicyclic) bond motifs is 1. The van der Waals surface area contributed by atoms with Crippen LogP contribution >= 0.6 is 12.2 Å². The van der Waals surface area contributed by atoms with Crippen molar-refractivity contribution in [2.24, 2.45) is 0 Å². The fourth-order valence-electron chi connectivity index (χ4n) is 3.33. The van der Waals surface area contributed by atoms with Crippen molar-refractivity contribution in [1.29, 1.82) is 0 Å². The number of carbonyl (C=O) groups excluding carboxylic acids is 1. The number of nitrogens with zero attached hydrogens (tertiary/aromatic N) is 2. The number of aryl methyl sites for hydroxylation is 1. The van der Waals surface area contributed by atoms with Crippen LogP contribution in [-0.4, -0.2) is 28.8 Å². The van der Waals surface area contributed by atoms with Crippen molar-refractivity contribution >= 4 is 18.0 Å². The van der Waals surface area contributed by atoms with E-state index in [-0.39, 0.29) is 23.8 Å². The molecule has 0 fully saturated rings. The number of carbonyl (C=O) groups is 1. The predicted molar refractivity (Wildman–Crippen MR) is 117 cm³/mol. The van der Waals surface area contributed by atoms with Crippen LogP contribution in [0, 0.1) is 11.8 Å². The van der Waals surface area contributed by atoms with Gasteiger partial charge in [-0.2, -0.15) is 0 Å². The van der Waals surface area contributed by atoms with Gasteiger partial charge >= 0.3 is 0 Å². The van der Waals surface area contributed by atoms with Crippen LogP contribution in [0.3, 0.4) is 0 Å². The van der Waals surface area contributed by atoms with Gasteiger partial charge in [0, 0.05) is 5.56 Å². The molecule has 0 atom stereocenters. The maximum Gasteiger partial charge on any atom is 0.287 e. The van der Waals surface area contributed by atoms with E-state index >= 15 is 0 Å². The number of ether oxygens (including phenoxy) is 3. The number of hydrogen-bond acceptors (Lipinski definition) is 7. The average molecular weight is 441 g/mol. The summed E-state index contributed by atoms with van der Waals surface area (Å²) in [7, 11) is 0. The van der Waals surface area contributed by atoms with Gasteiger partial charge in [0.1, 0.15) is 25.5 Å². The van der Waals surface area contributed by atoms with Crippen molar-refractivity contribution in [3.63, 3.8) is 0 Å². The lowest BCUT2D eigenvalue weighted by Crippen LogP contribution is -2.17. The summed E-state index contributed by atoms with van der Waals surface area (Å²) >= 11 is 5.24. The molecule has 0 saturated carbocycles. The molecule has 0 spiro atoms. The predicted octanol–water partition coefficient (Wildman–Crippen LogP) is 4.87. The Morgan fingerprint density at radius 3 is 2.71 bits per heavy atom. The zero-order chi connectivity index (χ0) is 22.0. The monoisotopic (exact) mass is 440 g/mol. The minimum absolute atomic E-state index is 0.0380. The molecule has 0 saturated heterocycles. The molecule has 1 aliphatic heterocycles. The summed E-state index contributed by atoms with van der Waals surface area (Å²) in [5.41, 5.74) is 2.71. The standard InChI is InChI=1S/C23H24N2O5S/c1-14(2)17-6-4-15(3)10-20(17)29-13-22-24-25(23(31)30-22)12-18(26)16-5-7-19-21(11-16)28-9-8-27-19/h4-7,10-11,14H,8-9,12-13H2,1-3H3. The van der Waals surface area contributed by atoms with E-state index in [9.17, 15) is 4.79 Å². The summed E-state index contributed by atoms with van der Waals surface area (Å²) in [6.45, 7) is 7.29. The lowest BCUT2D eigenvalue weighted by Gasteiger charge is -2.18. The van der Waals surface area contributed by atoms with Crippen molar-refractivity contribution in [1.82, 2.24) is 9.78 Å². The Bertz CT molecular complexity index is 1170. The number of benzene rings is 2. The van der Waals surface area contributed by atoms with Crippen LogP contribution in [-0.2, 0) is 13.2 Å². The second-order valence-corrected chi connectivity index (χ2v) is 8.03. The fourth-order valence-corrected chi connectivity index (χ4v) is 3.54. The number of aromatic nitrogens is 2. The second kappa shape index (κ2) is 8.93. The smallest absolute Gasteiger partial charge is 0.287 e. The molecule has 162 valence electrons. The molecule has 0 N–H and O–H groups in total. The Kier molecular flexibility index (Phi) is 6.08. The van der Waals surface area contributed by atoms with Crippen molar-refractivity contribution < 1.29 is 23.4 Å². The molecule has 0 aliphatic carbocycles. The molecule has 7 nitrogen and oxygen atoms in total. The van der Waals surface area contributed by atoms with Gasteiger partial charge < -0.3 is 18.6 Å². The quantitative estimate of drug-likeness (QED) is 0.383. The summed E-state index contributed by atoms with van der Waals surface area (Å²) < 4.78 is 23.9. The van der Waals surface area contributed by atoms with Gasteiger partial charge in [-0.25, -0.2) is 4.68 Å². The van der Waals surface area contributed by atoms with Gasteiger partial charge in [0.05, 0.1) is 0 Å². The highest BCUT2D eigenvalue weighted by Crippen LogP contribution is 2.31. The van der Waals surface area contributed by atoms with Gasteiger partial charge in [-0.3, -0.25) is 4.79 Å². The summed E-state index contributed by atoms with van der Waals surface area (Å²) in [5, 5.41) is 4.32. The van der Waals surface area contributed by atoms with Crippen LogP contribution in [0.4, 0.5) is 0 Å². The fraction of sp³-hybridized carbons (Fsp3) is 0.348. The molecular weight excluding hydrogens is 416 g/mol. The molecular formula is C23H24N2O5S. The average Bonchev–Trinajstić information content (AvgIpc) is 3.10. The Hall–Kier alpha value is -3.13. The van der Waals surface area contributed by atoms with Crippen molar-refractivity contribution in [3.8, 4) is 17.2 Å². The highest BCUT2D eigenvalue weighted by Gasteiger charge is 2.17. The molecule has 2 heterocycles. The maximum absolute atomic E-state index is 12.7. The Balaban J connectivity index is 1.45. The summed E-state index contributed by atoms with van der Waals surface area (Å²) in [4.78, 5) is 12.8. The SMILES string of the molecule is Cc1ccc(C(C)C)c(OCc2nn(CC(=O)c3ccc4c(c3)OCCO4)c(=S)o2)c1. The molecule has 0 bridgehead atoms. The molecule has 0 radical (unpaired) electrons. The number of hydrogen-bond donors (Lipinski definition) is 0. The molecule has 4 rings (SSSR count). The highest BCUT2D eigenvalue weighted by atomic mass is 32.1. The third kappa shape index (κ3) is 4.80. The Morgan fingerprint density at radius 2 is 1.94 bits per heavy atom. The van der Waals surface area contributed by atoms with E-state index in [1.54, 1.807) is 18.2 Å². The summed E-state index contributed by atoms with van der Waals surface area (Å²) in [6, 6.07) is 11.2. The Labute approximate surface area is 185 Å². The van der Waals surface area contributed by atoms with Gasteiger partial charge in [0.25, 0.3) is 10.7 Å². The van der Waals surface area contributed by atoms with Crippen LogP contribution in [0.1, 0.15) is 47.1 Å². The van der Waals surface area contributed by atoms with E-state index in [1.807, 2.05) is 13.0 Å². The zero-order valence-corrected chi connectivity index (χ0v) is 18.5. The van der Waals surface area contributed by atoms with Gasteiger partial charge in [-0.15, -0.1) is 5.10 Å². The molecule has 3 aromatic rings. The lowest BCUT2D eigenvalue weighted by atomic mass is 10.0. The summed E-state index contributed by atoms with van der Waals surface area (Å²) in [5.74, 6) is 2.47. The first kappa shape index (κ1) is 21.1. The third-order valence-corrected chi connectivity index (χ3v) is 5.24. The number of rotatable bonds is 7. The Morgan fingerprint density at radius 1 is 1.16 bits per heavy atom. The normalized spacial score (nSPS) is 12.8. The van der Waals surface area contributed by atoms with Crippen molar-refractivity contribution in [2.45, 2.75) is 39.8 Å². The minimum Gasteiger partial charge on any atom is -0.486 e. The molecule has 0 unspecified atom stereocenters. The van der Waals surface area contributed by atoms with Crippen LogP contribution in [0.25, 0.3) is 0 Å². The van der Waals surface area contributed by atoms with E-state index in [0.29, 0.717) is 42.1 Å². The van der Waals surface area contributed by atoms with Gasteiger partial charge in [-0.1, -0.05) is 26.0 Å². The van der Waals surface area contributed by atoms with Crippen LogP contribution in [0.15, 0.2) is 40.8 Å². The first-order valence-corrected chi connectivity index (χ1v) is 10.5. The molecule has 2 aromatic carbocycles. The van der Waals surface area contributed by atoms with Crippen molar-refractivity contribution in [3.05, 3.63) is 63.8 Å². The topological polar surface area (TPSA) is 75.7 Å². The zero-order valence-electron chi connectivity index (χ0n) is 17.7. The van der Waals surface area contributed by atoms with E-state index in [1.165, 1.54) is 4.68 Å². The largest absolute Gasteiger partial charge is 0.486 e. The first-order valence-electron chi connectivity index (χ1n) is 10.1.